The molecule has 1 amide bonds. The van der Waals surface area contributed by atoms with Gasteiger partial charge in [0.05, 0.1) is 10.6 Å². The van der Waals surface area contributed by atoms with Crippen molar-refractivity contribution in [3.05, 3.63) is 30.3 Å². The van der Waals surface area contributed by atoms with Crippen LogP contribution in [0.15, 0.2) is 35.2 Å². The molecule has 8 heteroatoms. The Balaban J connectivity index is 2.65. The van der Waals surface area contributed by atoms with Crippen LogP contribution in [0.3, 0.4) is 0 Å². The Morgan fingerprint density at radius 2 is 1.91 bits per heavy atom. The Kier molecular flexibility index (Phi) is 7.00. The van der Waals surface area contributed by atoms with Crippen LogP contribution in [0.1, 0.15) is 13.3 Å². The fourth-order valence-electron chi connectivity index (χ4n) is 1.71. The minimum absolute atomic E-state index is 0.125. The third-order valence-electron chi connectivity index (χ3n) is 2.85. The summed E-state index contributed by atoms with van der Waals surface area (Å²) in [6, 6.07) is 6.48. The minimum atomic E-state index is -3.59. The van der Waals surface area contributed by atoms with Crippen LogP contribution < -0.4 is 5.32 Å². The number of carbonyl (C=O) groups is 2. The molecule has 0 aliphatic heterocycles. The molecule has 0 radical (unpaired) electrons. The molecule has 0 heterocycles. The predicted molar refractivity (Wildman–Crippen MR) is 79.2 cm³/mol. The molecule has 22 heavy (non-hydrogen) atoms. The average molecular weight is 329 g/mol. The van der Waals surface area contributed by atoms with Crippen molar-refractivity contribution < 1.29 is 27.9 Å². The second-order valence-corrected chi connectivity index (χ2v) is 6.63. The number of amides is 1. The third kappa shape index (κ3) is 5.82. The van der Waals surface area contributed by atoms with Crippen LogP contribution in [-0.2, 0) is 24.2 Å². The number of ether oxygens (including phenoxy) is 1. The molecule has 122 valence electrons. The van der Waals surface area contributed by atoms with Crippen molar-refractivity contribution >= 4 is 21.7 Å². The second kappa shape index (κ2) is 8.50. The van der Waals surface area contributed by atoms with Crippen molar-refractivity contribution in [2.75, 3.05) is 19.0 Å². The molecule has 0 bridgehead atoms. The molecule has 1 aromatic rings. The first-order valence-corrected chi connectivity index (χ1v) is 8.39. The number of carboxylic acid groups (broad SMARTS) is 1. The van der Waals surface area contributed by atoms with Crippen molar-refractivity contribution in [1.82, 2.24) is 5.32 Å². The molecule has 0 saturated heterocycles. The van der Waals surface area contributed by atoms with E-state index in [1.807, 2.05) is 0 Å². The zero-order valence-corrected chi connectivity index (χ0v) is 13.0. The monoisotopic (exact) mass is 329 g/mol. The topological polar surface area (TPSA) is 110 Å². The number of aliphatic carboxylic acids is 1. The third-order valence-corrected chi connectivity index (χ3v) is 4.61. The summed E-state index contributed by atoms with van der Waals surface area (Å²) in [6.45, 7) is 1.77. The molecule has 1 aromatic carbocycles. The van der Waals surface area contributed by atoms with Crippen LogP contribution in [0.4, 0.5) is 0 Å². The molecular formula is C14H19NO6S. The van der Waals surface area contributed by atoms with Crippen molar-refractivity contribution in [3.8, 4) is 0 Å². The molecule has 0 saturated carbocycles. The Labute approximate surface area is 129 Å². The summed E-state index contributed by atoms with van der Waals surface area (Å²) >= 11 is 0. The van der Waals surface area contributed by atoms with Crippen molar-refractivity contribution in [1.29, 1.82) is 0 Å². The number of benzene rings is 1. The highest BCUT2D eigenvalue weighted by Crippen LogP contribution is 2.12. The van der Waals surface area contributed by atoms with Crippen molar-refractivity contribution in [3.63, 3.8) is 0 Å². The molecule has 0 unspecified atom stereocenters. The van der Waals surface area contributed by atoms with E-state index in [1.165, 1.54) is 12.1 Å². The lowest BCUT2D eigenvalue weighted by molar-refractivity contribution is -0.142. The summed E-state index contributed by atoms with van der Waals surface area (Å²) in [6.07, 6.45) is -0.218. The Hall–Kier alpha value is -1.93. The standard InChI is InChI=1S/C14H19NO6S/c1-2-21-10-13(16)15-12(14(17)18)8-9-22(19,20)11-6-4-3-5-7-11/h3-7,12H,2,8-10H2,1H3,(H,15,16)(H,17,18)/t12-/m1/s1. The van der Waals surface area contributed by atoms with Crippen LogP contribution >= 0.6 is 0 Å². The van der Waals surface area contributed by atoms with Crippen LogP contribution in [-0.4, -0.2) is 50.4 Å². The van der Waals surface area contributed by atoms with Gasteiger partial charge in [-0.1, -0.05) is 18.2 Å². The first-order chi connectivity index (χ1) is 10.4. The van der Waals surface area contributed by atoms with Crippen LogP contribution in [0.5, 0.6) is 0 Å². The largest absolute Gasteiger partial charge is 0.480 e. The highest BCUT2D eigenvalue weighted by molar-refractivity contribution is 7.91. The van der Waals surface area contributed by atoms with Gasteiger partial charge in [-0.15, -0.1) is 0 Å². The summed E-state index contributed by atoms with van der Waals surface area (Å²) in [5.74, 6) is -2.25. The maximum absolute atomic E-state index is 12.1. The molecular weight excluding hydrogens is 310 g/mol. The molecule has 0 spiro atoms. The zero-order chi connectivity index (χ0) is 16.6. The predicted octanol–water partition coefficient (Wildman–Crippen LogP) is 0.456. The fraction of sp³-hybridized carbons (Fsp3) is 0.429. The van der Waals surface area contributed by atoms with Gasteiger partial charge in [-0.05, 0) is 25.5 Å². The number of rotatable bonds is 9. The number of carbonyl (C=O) groups excluding carboxylic acids is 1. The van der Waals surface area contributed by atoms with Crippen LogP contribution in [0.25, 0.3) is 0 Å². The number of carboxylic acids is 1. The van der Waals surface area contributed by atoms with E-state index >= 15 is 0 Å². The van der Waals surface area contributed by atoms with E-state index in [9.17, 15) is 18.0 Å². The molecule has 0 aliphatic carbocycles. The zero-order valence-electron chi connectivity index (χ0n) is 12.2. The molecule has 1 rings (SSSR count). The Bertz CT molecular complexity index is 599. The second-order valence-electron chi connectivity index (χ2n) is 4.52. The summed E-state index contributed by atoms with van der Waals surface area (Å²) in [5.41, 5.74) is 0. The number of hydrogen-bond donors (Lipinski definition) is 2. The molecule has 7 nitrogen and oxygen atoms in total. The lowest BCUT2D eigenvalue weighted by atomic mass is 10.2. The van der Waals surface area contributed by atoms with Crippen LogP contribution in [0, 0.1) is 0 Å². The Morgan fingerprint density at radius 3 is 2.45 bits per heavy atom. The lowest BCUT2D eigenvalue weighted by Gasteiger charge is -2.14. The average Bonchev–Trinajstić information content (AvgIpc) is 2.50. The first kappa shape index (κ1) is 18.1. The number of sulfone groups is 1. The lowest BCUT2D eigenvalue weighted by Crippen LogP contribution is -2.43. The van der Waals surface area contributed by atoms with E-state index in [1.54, 1.807) is 25.1 Å². The van der Waals surface area contributed by atoms with Gasteiger partial charge in [-0.25, -0.2) is 13.2 Å². The van der Waals surface area contributed by atoms with E-state index in [-0.39, 0.29) is 23.7 Å². The number of hydrogen-bond acceptors (Lipinski definition) is 5. The molecule has 2 N–H and O–H groups in total. The summed E-state index contributed by atoms with van der Waals surface area (Å²) in [7, 11) is -3.59. The maximum Gasteiger partial charge on any atom is 0.326 e. The first-order valence-electron chi connectivity index (χ1n) is 6.74. The van der Waals surface area contributed by atoms with Crippen LogP contribution in [0.2, 0.25) is 0 Å². The van der Waals surface area contributed by atoms with Crippen molar-refractivity contribution in [2.24, 2.45) is 0 Å². The highest BCUT2D eigenvalue weighted by Gasteiger charge is 2.23. The van der Waals surface area contributed by atoms with Gasteiger partial charge in [0.25, 0.3) is 0 Å². The van der Waals surface area contributed by atoms with Crippen molar-refractivity contribution in [2.45, 2.75) is 24.3 Å². The normalized spacial score (nSPS) is 12.6. The van der Waals surface area contributed by atoms with E-state index in [4.69, 9.17) is 9.84 Å². The minimum Gasteiger partial charge on any atom is -0.480 e. The van der Waals surface area contributed by atoms with Gasteiger partial charge >= 0.3 is 5.97 Å². The SMILES string of the molecule is CCOCC(=O)N[C@H](CCS(=O)(=O)c1ccccc1)C(=O)O. The summed E-state index contributed by atoms with van der Waals surface area (Å²) in [5, 5.41) is 11.3. The van der Waals surface area contributed by atoms with Gasteiger partial charge in [-0.2, -0.15) is 0 Å². The molecule has 0 fully saturated rings. The van der Waals surface area contributed by atoms with Gasteiger partial charge in [0.1, 0.15) is 12.6 Å². The smallest absolute Gasteiger partial charge is 0.326 e. The maximum atomic E-state index is 12.1. The van der Waals surface area contributed by atoms with E-state index in [2.05, 4.69) is 5.32 Å². The van der Waals surface area contributed by atoms with Gasteiger partial charge in [0.15, 0.2) is 9.84 Å². The van der Waals surface area contributed by atoms with E-state index in [0.29, 0.717) is 6.61 Å². The van der Waals surface area contributed by atoms with Gasteiger partial charge < -0.3 is 15.2 Å². The summed E-state index contributed by atoms with van der Waals surface area (Å²) in [4.78, 5) is 22.7. The van der Waals surface area contributed by atoms with E-state index < -0.39 is 27.8 Å². The summed E-state index contributed by atoms with van der Waals surface area (Å²) < 4.78 is 29.0. The Morgan fingerprint density at radius 1 is 1.27 bits per heavy atom. The van der Waals surface area contributed by atoms with E-state index in [0.717, 1.165) is 0 Å². The van der Waals surface area contributed by atoms with Gasteiger partial charge in [0, 0.05) is 6.61 Å². The van der Waals surface area contributed by atoms with Gasteiger partial charge in [0.2, 0.25) is 5.91 Å². The highest BCUT2D eigenvalue weighted by atomic mass is 32.2. The molecule has 1 atom stereocenters. The van der Waals surface area contributed by atoms with Gasteiger partial charge in [-0.3, -0.25) is 4.79 Å². The number of nitrogens with one attached hydrogen (secondary N) is 1. The quantitative estimate of drug-likeness (QED) is 0.681. The fourth-order valence-corrected chi connectivity index (χ4v) is 3.06. The molecule has 0 aliphatic rings. The molecule has 0 aromatic heterocycles.